The number of anilines is 3. The van der Waals surface area contributed by atoms with E-state index in [1.807, 2.05) is 92.7 Å². The van der Waals surface area contributed by atoms with Gasteiger partial charge in [0, 0.05) is 22.6 Å². The van der Waals surface area contributed by atoms with Gasteiger partial charge in [-0.3, -0.25) is 4.79 Å². The van der Waals surface area contributed by atoms with Crippen molar-refractivity contribution in [3.05, 3.63) is 125 Å². The number of rotatable bonds is 6. The van der Waals surface area contributed by atoms with Crippen LogP contribution in [0.3, 0.4) is 0 Å². The molecule has 32 heavy (non-hydrogen) atoms. The predicted octanol–water partition coefficient (Wildman–Crippen LogP) is 6.54. The Labute approximate surface area is 188 Å². The molecule has 0 atom stereocenters. The maximum atomic E-state index is 12.4. The molecule has 0 saturated carbocycles. The Morgan fingerprint density at radius 2 is 1.31 bits per heavy atom. The van der Waals surface area contributed by atoms with Crippen LogP contribution in [0.2, 0.25) is 0 Å². The molecule has 0 fully saturated rings. The van der Waals surface area contributed by atoms with Gasteiger partial charge in [0.15, 0.2) is 0 Å². The normalized spacial score (nSPS) is 10.8. The van der Waals surface area contributed by atoms with Crippen LogP contribution < -0.4 is 10.3 Å². The molecule has 0 aromatic heterocycles. The highest BCUT2D eigenvalue weighted by Crippen LogP contribution is 2.33. The van der Waals surface area contributed by atoms with Crippen molar-refractivity contribution in [2.75, 3.05) is 4.90 Å². The highest BCUT2D eigenvalue weighted by Gasteiger charge is 2.11. The molecule has 0 spiro atoms. The van der Waals surface area contributed by atoms with E-state index in [0.29, 0.717) is 5.56 Å². The molecule has 0 saturated heterocycles. The minimum Gasteiger partial charge on any atom is -0.311 e. The number of benzene rings is 4. The molecule has 0 aliphatic rings. The largest absolute Gasteiger partial charge is 0.311 e. The molecule has 0 heterocycles. The first-order valence-corrected chi connectivity index (χ1v) is 10.5. The molecule has 0 unspecified atom stereocenters. The molecule has 4 aromatic carbocycles. The number of para-hydroxylation sites is 2. The van der Waals surface area contributed by atoms with Gasteiger partial charge in [0.25, 0.3) is 5.91 Å². The van der Waals surface area contributed by atoms with Gasteiger partial charge in [-0.1, -0.05) is 66.2 Å². The maximum Gasteiger partial charge on any atom is 0.271 e. The topological polar surface area (TPSA) is 44.7 Å². The smallest absolute Gasteiger partial charge is 0.271 e. The average Bonchev–Trinajstić information content (AvgIpc) is 2.81. The van der Waals surface area contributed by atoms with Gasteiger partial charge in [0.05, 0.1) is 6.21 Å². The molecule has 0 radical (unpaired) electrons. The molecule has 158 valence electrons. The van der Waals surface area contributed by atoms with Gasteiger partial charge in [-0.15, -0.1) is 0 Å². The van der Waals surface area contributed by atoms with E-state index in [0.717, 1.165) is 33.8 Å². The number of aryl methyl sites for hydroxylation is 2. The molecule has 0 bridgehead atoms. The molecule has 1 amide bonds. The van der Waals surface area contributed by atoms with E-state index in [4.69, 9.17) is 0 Å². The Hall–Kier alpha value is -4.18. The maximum absolute atomic E-state index is 12.4. The lowest BCUT2D eigenvalue weighted by Gasteiger charge is -2.25. The number of hydrogen-bond acceptors (Lipinski definition) is 3. The lowest BCUT2D eigenvalue weighted by molar-refractivity contribution is 0.0954. The van der Waals surface area contributed by atoms with Crippen LogP contribution in [0.1, 0.15) is 27.0 Å². The second kappa shape index (κ2) is 9.75. The molecule has 4 rings (SSSR count). The summed E-state index contributed by atoms with van der Waals surface area (Å²) in [6.07, 6.45) is 1.65. The lowest BCUT2D eigenvalue weighted by atomic mass is 10.1. The highest BCUT2D eigenvalue weighted by atomic mass is 16.2. The summed E-state index contributed by atoms with van der Waals surface area (Å²) in [4.78, 5) is 14.6. The molecule has 4 aromatic rings. The summed E-state index contributed by atoms with van der Waals surface area (Å²) in [6, 6.07) is 34.3. The fourth-order valence-electron chi connectivity index (χ4n) is 3.60. The second-order valence-electron chi connectivity index (χ2n) is 7.62. The molecule has 1 N–H and O–H groups in total. The zero-order valence-electron chi connectivity index (χ0n) is 18.2. The molecular formula is C28H25N3O. The quantitative estimate of drug-likeness (QED) is 0.285. The van der Waals surface area contributed by atoms with Crippen molar-refractivity contribution in [1.29, 1.82) is 0 Å². The van der Waals surface area contributed by atoms with E-state index in [2.05, 4.69) is 39.7 Å². The minimum atomic E-state index is -0.213. The number of carbonyl (C=O) groups excluding carboxylic acids is 1. The second-order valence-corrected chi connectivity index (χ2v) is 7.62. The number of carbonyl (C=O) groups is 1. The van der Waals surface area contributed by atoms with Crippen LogP contribution in [-0.4, -0.2) is 12.1 Å². The van der Waals surface area contributed by atoms with Gasteiger partial charge in [-0.05, 0) is 67.4 Å². The molecule has 0 aliphatic carbocycles. The number of hydrogen-bond donors (Lipinski definition) is 1. The predicted molar refractivity (Wildman–Crippen MR) is 132 cm³/mol. The Morgan fingerprint density at radius 3 is 1.88 bits per heavy atom. The SMILES string of the molecule is Cc1ccc(C(=O)N/N=C\c2ccc(N(c3ccccc3)c3ccccc3)cc2)c(C)c1. The zero-order chi connectivity index (χ0) is 22.3. The molecule has 4 nitrogen and oxygen atoms in total. The van der Waals surface area contributed by atoms with Crippen LogP contribution in [0.15, 0.2) is 108 Å². The third-order valence-corrected chi connectivity index (χ3v) is 5.19. The van der Waals surface area contributed by atoms with Crippen LogP contribution in [0.5, 0.6) is 0 Å². The fourth-order valence-corrected chi connectivity index (χ4v) is 3.60. The number of hydrazone groups is 1. The van der Waals surface area contributed by atoms with E-state index in [1.54, 1.807) is 6.21 Å². The van der Waals surface area contributed by atoms with Crippen LogP contribution in [0, 0.1) is 13.8 Å². The number of nitrogens with zero attached hydrogens (tertiary/aromatic N) is 2. The third kappa shape index (κ3) is 4.93. The van der Waals surface area contributed by atoms with Crippen molar-refractivity contribution in [2.24, 2.45) is 5.10 Å². The fraction of sp³-hybridized carbons (Fsp3) is 0.0714. The summed E-state index contributed by atoms with van der Waals surface area (Å²) in [5.74, 6) is -0.213. The van der Waals surface area contributed by atoms with Crippen molar-refractivity contribution in [1.82, 2.24) is 5.43 Å². The number of amides is 1. The monoisotopic (exact) mass is 419 g/mol. The summed E-state index contributed by atoms with van der Waals surface area (Å²) >= 11 is 0. The first-order chi connectivity index (χ1) is 15.6. The number of nitrogens with one attached hydrogen (secondary N) is 1. The average molecular weight is 420 g/mol. The summed E-state index contributed by atoms with van der Waals surface area (Å²) in [5, 5.41) is 4.13. The first kappa shape index (κ1) is 21.1. The van der Waals surface area contributed by atoms with E-state index >= 15 is 0 Å². The van der Waals surface area contributed by atoms with E-state index < -0.39 is 0 Å². The van der Waals surface area contributed by atoms with Crippen molar-refractivity contribution >= 4 is 29.2 Å². The van der Waals surface area contributed by atoms with Gasteiger partial charge in [-0.2, -0.15) is 5.10 Å². The Morgan fingerprint density at radius 1 is 0.750 bits per heavy atom. The zero-order valence-corrected chi connectivity index (χ0v) is 18.2. The van der Waals surface area contributed by atoms with Crippen molar-refractivity contribution in [3.8, 4) is 0 Å². The summed E-state index contributed by atoms with van der Waals surface area (Å²) < 4.78 is 0. The van der Waals surface area contributed by atoms with Crippen molar-refractivity contribution < 1.29 is 4.79 Å². The van der Waals surface area contributed by atoms with E-state index in [-0.39, 0.29) is 5.91 Å². The van der Waals surface area contributed by atoms with Gasteiger partial charge < -0.3 is 4.90 Å². The molecule has 0 aliphatic heterocycles. The van der Waals surface area contributed by atoms with Crippen LogP contribution in [0.4, 0.5) is 17.1 Å². The minimum absolute atomic E-state index is 0.213. The van der Waals surface area contributed by atoms with Crippen molar-refractivity contribution in [3.63, 3.8) is 0 Å². The first-order valence-electron chi connectivity index (χ1n) is 10.5. The molecular weight excluding hydrogens is 394 g/mol. The highest BCUT2D eigenvalue weighted by molar-refractivity contribution is 5.96. The third-order valence-electron chi connectivity index (χ3n) is 5.19. The van der Waals surface area contributed by atoms with Crippen LogP contribution >= 0.6 is 0 Å². The van der Waals surface area contributed by atoms with E-state index in [1.165, 1.54) is 0 Å². The Bertz CT molecular complexity index is 1180. The van der Waals surface area contributed by atoms with Gasteiger partial charge >= 0.3 is 0 Å². The van der Waals surface area contributed by atoms with Gasteiger partial charge in [-0.25, -0.2) is 5.43 Å². The lowest BCUT2D eigenvalue weighted by Crippen LogP contribution is -2.18. The standard InChI is InChI=1S/C28H25N3O/c1-21-13-18-27(22(2)19-21)28(32)30-29-20-23-14-16-26(17-15-23)31(24-9-5-3-6-10-24)25-11-7-4-8-12-25/h3-20H,1-2H3,(H,30,32)/b29-20-. The molecule has 4 heteroatoms. The summed E-state index contributed by atoms with van der Waals surface area (Å²) in [5.41, 5.74) is 9.42. The van der Waals surface area contributed by atoms with Crippen LogP contribution in [-0.2, 0) is 0 Å². The van der Waals surface area contributed by atoms with Gasteiger partial charge in [0.2, 0.25) is 0 Å². The Balaban J connectivity index is 1.51. The van der Waals surface area contributed by atoms with Gasteiger partial charge in [0.1, 0.15) is 0 Å². The summed E-state index contributed by atoms with van der Waals surface area (Å²) in [6.45, 7) is 3.93. The Kier molecular flexibility index (Phi) is 6.42. The van der Waals surface area contributed by atoms with E-state index in [9.17, 15) is 4.79 Å². The summed E-state index contributed by atoms with van der Waals surface area (Å²) in [7, 11) is 0. The van der Waals surface area contributed by atoms with Crippen molar-refractivity contribution in [2.45, 2.75) is 13.8 Å². The van der Waals surface area contributed by atoms with Crippen LogP contribution in [0.25, 0.3) is 0 Å².